The van der Waals surface area contributed by atoms with Gasteiger partial charge in [0.05, 0.1) is 35.9 Å². The Morgan fingerprint density at radius 1 is 0.911 bits per heavy atom. The minimum atomic E-state index is -0.794. The van der Waals surface area contributed by atoms with E-state index in [1.807, 2.05) is 31.2 Å². The number of thiazole rings is 1. The van der Waals surface area contributed by atoms with Gasteiger partial charge in [0, 0.05) is 16.5 Å². The molecule has 12 heteroatoms. The maximum Gasteiger partial charge on any atom is 0.338 e. The van der Waals surface area contributed by atoms with Gasteiger partial charge in [-0.25, -0.2) is 9.69 Å². The van der Waals surface area contributed by atoms with Gasteiger partial charge in [0.2, 0.25) is 17.7 Å². The van der Waals surface area contributed by atoms with Gasteiger partial charge in [0.1, 0.15) is 17.5 Å². The normalized spacial score (nSPS) is 18.7. The summed E-state index contributed by atoms with van der Waals surface area (Å²) in [5.74, 6) is -2.31. The summed E-state index contributed by atoms with van der Waals surface area (Å²) in [5.41, 5.74) is 3.05. The summed E-state index contributed by atoms with van der Waals surface area (Å²) < 4.78 is 11.7. The highest BCUT2D eigenvalue weighted by molar-refractivity contribution is 8.00. The Morgan fingerprint density at radius 3 is 2.24 bits per heavy atom. The van der Waals surface area contributed by atoms with Crippen LogP contribution in [0.2, 0.25) is 0 Å². The molecule has 0 spiro atoms. The Hall–Kier alpha value is -4.68. The largest absolute Gasteiger partial charge is 0.497 e. The molecule has 6 rings (SSSR count). The first-order valence-corrected chi connectivity index (χ1v) is 16.0. The van der Waals surface area contributed by atoms with E-state index in [0.717, 1.165) is 34.2 Å². The number of ether oxygens (including phenoxy) is 2. The van der Waals surface area contributed by atoms with Gasteiger partial charge in [-0.1, -0.05) is 52.9 Å². The molecule has 0 radical (unpaired) electrons. The summed E-state index contributed by atoms with van der Waals surface area (Å²) in [7, 11) is 1.56. The van der Waals surface area contributed by atoms with Gasteiger partial charge in [-0.3, -0.25) is 23.7 Å². The first kappa shape index (κ1) is 30.4. The van der Waals surface area contributed by atoms with Crippen molar-refractivity contribution in [3.05, 3.63) is 104 Å². The van der Waals surface area contributed by atoms with Crippen LogP contribution in [-0.2, 0) is 25.7 Å². The van der Waals surface area contributed by atoms with E-state index >= 15 is 0 Å². The van der Waals surface area contributed by atoms with Gasteiger partial charge >= 0.3 is 10.8 Å². The molecule has 4 aromatic rings. The number of rotatable bonds is 8. The number of imide groups is 1. The van der Waals surface area contributed by atoms with Crippen LogP contribution in [0.4, 0.5) is 11.4 Å². The quantitative estimate of drug-likeness (QED) is 0.214. The fourth-order valence-corrected chi connectivity index (χ4v) is 8.40. The molecule has 3 heterocycles. The monoisotopic (exact) mass is 643 g/mol. The molecule has 0 bridgehead atoms. The summed E-state index contributed by atoms with van der Waals surface area (Å²) in [6.45, 7) is 3.60. The fraction of sp³-hybridized carbons (Fsp3) is 0.242. The molecule has 1 aromatic heterocycles. The van der Waals surface area contributed by atoms with Crippen LogP contribution >= 0.6 is 23.1 Å². The van der Waals surface area contributed by atoms with E-state index in [2.05, 4.69) is 5.32 Å². The van der Waals surface area contributed by atoms with E-state index in [1.54, 1.807) is 62.6 Å². The number of carbonyl (C=O) groups excluding carboxylic acids is 4. The van der Waals surface area contributed by atoms with Crippen LogP contribution in [0.3, 0.4) is 0 Å². The number of methoxy groups -OCH3 is 1. The maximum absolute atomic E-state index is 14.0. The number of hydrogen-bond donors (Lipinski definition) is 1. The van der Waals surface area contributed by atoms with Gasteiger partial charge in [0.25, 0.3) is 0 Å². The number of aryl methyl sites for hydroxylation is 1. The molecule has 1 N–H and O–H groups in total. The lowest BCUT2D eigenvalue weighted by molar-refractivity contribution is -0.122. The van der Waals surface area contributed by atoms with Crippen LogP contribution in [0.5, 0.6) is 5.75 Å². The lowest BCUT2D eigenvalue weighted by Gasteiger charge is -2.30. The molecule has 0 unspecified atom stereocenters. The van der Waals surface area contributed by atoms with Crippen molar-refractivity contribution in [2.24, 2.45) is 5.92 Å². The molecule has 230 valence electrons. The van der Waals surface area contributed by atoms with Crippen LogP contribution in [-0.4, -0.2) is 47.2 Å². The van der Waals surface area contributed by atoms with E-state index in [9.17, 15) is 24.0 Å². The lowest BCUT2D eigenvalue weighted by Crippen LogP contribution is -2.33. The third-order valence-electron chi connectivity index (χ3n) is 7.80. The van der Waals surface area contributed by atoms with Crippen molar-refractivity contribution in [3.63, 3.8) is 0 Å². The van der Waals surface area contributed by atoms with Gasteiger partial charge in [0.15, 0.2) is 0 Å². The molecule has 2 aliphatic rings. The number of nitrogens with zero attached hydrogens (tertiary/aromatic N) is 2. The third kappa shape index (κ3) is 5.67. The van der Waals surface area contributed by atoms with Crippen LogP contribution in [0.15, 0.2) is 82.6 Å². The van der Waals surface area contributed by atoms with Gasteiger partial charge in [-0.15, -0.1) is 0 Å². The Bertz CT molecular complexity index is 1850. The highest BCUT2D eigenvalue weighted by Gasteiger charge is 2.56. The summed E-state index contributed by atoms with van der Waals surface area (Å²) >= 11 is 2.14. The highest BCUT2D eigenvalue weighted by atomic mass is 32.2. The Labute approximate surface area is 267 Å². The molecule has 1 fully saturated rings. The van der Waals surface area contributed by atoms with Gasteiger partial charge in [-0.05, 0) is 67.9 Å². The topological polar surface area (TPSA) is 124 Å². The van der Waals surface area contributed by atoms with Crippen LogP contribution in [0.25, 0.3) is 0 Å². The second kappa shape index (κ2) is 12.4. The number of amides is 3. The highest BCUT2D eigenvalue weighted by Crippen LogP contribution is 2.54. The number of fused-ring (bicyclic) bond motifs is 2. The zero-order valence-corrected chi connectivity index (χ0v) is 26.3. The van der Waals surface area contributed by atoms with Crippen molar-refractivity contribution in [2.75, 3.05) is 23.9 Å². The average molecular weight is 644 g/mol. The van der Waals surface area contributed by atoms with Crippen LogP contribution < -0.4 is 19.8 Å². The molecule has 3 aromatic carbocycles. The molecule has 10 nitrogen and oxygen atoms in total. The number of anilines is 2. The summed E-state index contributed by atoms with van der Waals surface area (Å²) in [6.07, 6.45) is 0. The summed E-state index contributed by atoms with van der Waals surface area (Å²) in [5, 5.41) is 2.46. The standard InChI is InChI=1S/C33H29N3O7S2/c1-4-43-32(40)20-7-11-21(12-8-20)34-24(37)17-35-31-28(45-33(35)41)25(19-9-15-23(42-3)16-10-19)26-27(44-31)30(39)36(29(26)38)22-13-5-18(2)6-14-22/h5-16,25-27H,4,17H2,1-3H3,(H,34,37)/t25-,26+,27-/m0/s1. The Balaban J connectivity index is 1.34. The zero-order chi connectivity index (χ0) is 31.8. The minimum Gasteiger partial charge on any atom is -0.497 e. The fourth-order valence-electron chi connectivity index (χ4n) is 5.62. The molecule has 3 atom stereocenters. The number of thioether (sulfide) groups is 1. The van der Waals surface area contributed by atoms with Gasteiger partial charge in [-0.2, -0.15) is 0 Å². The first-order valence-electron chi connectivity index (χ1n) is 14.3. The van der Waals surface area contributed by atoms with Crippen molar-refractivity contribution in [2.45, 2.75) is 36.6 Å². The molecule has 1 saturated heterocycles. The van der Waals surface area contributed by atoms with Crippen molar-refractivity contribution < 1.29 is 28.7 Å². The SMILES string of the molecule is CCOC(=O)c1ccc(NC(=O)Cn2c3c(sc2=O)[C@@H](c2ccc(OC)cc2)[C@H]2C(=O)N(c4ccc(C)cc4)C(=O)[C@H]2S3)cc1. The molecule has 0 saturated carbocycles. The number of carbonyl (C=O) groups is 4. The van der Waals surface area contributed by atoms with Crippen molar-refractivity contribution >= 4 is 58.2 Å². The number of benzene rings is 3. The third-order valence-corrected chi connectivity index (χ3v) is 10.4. The predicted octanol–water partition coefficient (Wildman–Crippen LogP) is 4.84. The van der Waals surface area contributed by atoms with Crippen LogP contribution in [0.1, 0.15) is 39.2 Å². The maximum atomic E-state index is 14.0. The van der Waals surface area contributed by atoms with E-state index in [-0.39, 0.29) is 29.8 Å². The minimum absolute atomic E-state index is 0.250. The molecule has 2 aliphatic heterocycles. The predicted molar refractivity (Wildman–Crippen MR) is 171 cm³/mol. The Kier molecular flexibility index (Phi) is 8.34. The summed E-state index contributed by atoms with van der Waals surface area (Å²) in [6, 6.07) is 20.7. The molecule has 0 aliphatic carbocycles. The van der Waals surface area contributed by atoms with Crippen molar-refractivity contribution in [3.8, 4) is 5.75 Å². The van der Waals surface area contributed by atoms with E-state index in [1.165, 1.54) is 9.47 Å². The van der Waals surface area contributed by atoms with Gasteiger partial charge < -0.3 is 14.8 Å². The lowest BCUT2D eigenvalue weighted by atomic mass is 9.83. The molecular weight excluding hydrogens is 615 g/mol. The van der Waals surface area contributed by atoms with Crippen LogP contribution in [0, 0.1) is 12.8 Å². The smallest absolute Gasteiger partial charge is 0.338 e. The van der Waals surface area contributed by atoms with E-state index < -0.39 is 29.0 Å². The van der Waals surface area contributed by atoms with Crippen molar-refractivity contribution in [1.29, 1.82) is 0 Å². The molecule has 45 heavy (non-hydrogen) atoms. The number of aromatic nitrogens is 1. The second-order valence-corrected chi connectivity index (χ2v) is 12.8. The second-order valence-electron chi connectivity index (χ2n) is 10.6. The van der Waals surface area contributed by atoms with E-state index in [4.69, 9.17) is 9.47 Å². The van der Waals surface area contributed by atoms with Crippen molar-refractivity contribution in [1.82, 2.24) is 4.57 Å². The number of hydrogen-bond acceptors (Lipinski definition) is 9. The summed E-state index contributed by atoms with van der Waals surface area (Å²) in [4.78, 5) is 67.9. The number of esters is 1. The van der Waals surface area contributed by atoms with E-state index in [0.29, 0.717) is 32.6 Å². The molecular formula is C33H29N3O7S2. The molecule has 3 amide bonds. The average Bonchev–Trinajstić information content (AvgIpc) is 3.48. The zero-order valence-electron chi connectivity index (χ0n) is 24.6. The number of nitrogens with one attached hydrogen (secondary N) is 1. The Morgan fingerprint density at radius 2 is 1.60 bits per heavy atom. The first-order chi connectivity index (χ1) is 21.7.